The Morgan fingerprint density at radius 1 is 1.11 bits per heavy atom. The van der Waals surface area contributed by atoms with E-state index in [9.17, 15) is 31.1 Å². The van der Waals surface area contributed by atoms with Crippen molar-refractivity contribution >= 4 is 27.4 Å². The zero-order valence-electron chi connectivity index (χ0n) is 8.94. The maximum Gasteiger partial charge on any atom is 0.407 e. The molecule has 0 aromatic heterocycles. The molecule has 0 bridgehead atoms. The molecule has 9 heteroatoms. The second kappa shape index (κ2) is 5.03. The molecule has 0 saturated carbocycles. The fraction of sp³-hybridized carbons (Fsp3) is 0.300. The van der Waals surface area contributed by atoms with Crippen LogP contribution < -0.4 is 5.73 Å². The summed E-state index contributed by atoms with van der Waals surface area (Å²) in [6.07, 6.45) is -11.4. The van der Waals surface area contributed by atoms with E-state index in [1.54, 1.807) is 0 Å². The van der Waals surface area contributed by atoms with E-state index in [2.05, 4.69) is 15.9 Å². The van der Waals surface area contributed by atoms with Crippen LogP contribution in [-0.4, -0.2) is 18.1 Å². The second-order valence-electron chi connectivity index (χ2n) is 3.62. The van der Waals surface area contributed by atoms with Crippen LogP contribution in [0, 0.1) is 5.92 Å². The van der Waals surface area contributed by atoms with Crippen molar-refractivity contribution in [3.63, 3.8) is 0 Å². The molecule has 1 aromatic carbocycles. The summed E-state index contributed by atoms with van der Waals surface area (Å²) in [7, 11) is 0. The summed E-state index contributed by atoms with van der Waals surface area (Å²) in [5, 5.41) is 0. The molecule has 0 heterocycles. The Morgan fingerprint density at radius 3 is 1.95 bits per heavy atom. The van der Waals surface area contributed by atoms with Crippen LogP contribution in [0.4, 0.5) is 32.0 Å². The lowest BCUT2D eigenvalue weighted by atomic mass is 9.96. The molecule has 2 N–H and O–H groups in total. The first-order valence-electron chi connectivity index (χ1n) is 4.67. The lowest BCUT2D eigenvalue weighted by Crippen LogP contribution is -2.42. The molecule has 106 valence electrons. The number of ketones is 1. The van der Waals surface area contributed by atoms with E-state index < -0.39 is 29.6 Å². The maximum absolute atomic E-state index is 12.4. The van der Waals surface area contributed by atoms with Gasteiger partial charge in [-0.25, -0.2) is 0 Å². The van der Waals surface area contributed by atoms with Crippen molar-refractivity contribution in [2.24, 2.45) is 5.92 Å². The van der Waals surface area contributed by atoms with Gasteiger partial charge in [0.2, 0.25) is 5.92 Å². The van der Waals surface area contributed by atoms with Crippen LogP contribution in [0.5, 0.6) is 0 Å². The van der Waals surface area contributed by atoms with Gasteiger partial charge in [-0.05, 0) is 34.1 Å². The summed E-state index contributed by atoms with van der Waals surface area (Å²) in [6.45, 7) is 0. The van der Waals surface area contributed by atoms with Crippen molar-refractivity contribution in [1.29, 1.82) is 0 Å². The number of nitrogens with two attached hydrogens (primary N) is 1. The van der Waals surface area contributed by atoms with Crippen molar-refractivity contribution in [2.75, 3.05) is 5.73 Å². The topological polar surface area (TPSA) is 43.1 Å². The standard InChI is InChI=1S/C10H6BrF6NO/c11-5-3-4(1-2-6(5)18)7(19)8(9(12,13)14)10(15,16)17/h1-3,8H,18H2. The highest BCUT2D eigenvalue weighted by Crippen LogP contribution is 2.41. The normalized spacial score (nSPS) is 12.8. The van der Waals surface area contributed by atoms with Gasteiger partial charge in [-0.3, -0.25) is 4.79 Å². The van der Waals surface area contributed by atoms with E-state index >= 15 is 0 Å². The molecule has 1 rings (SSSR count). The Hall–Kier alpha value is -1.25. The number of anilines is 1. The number of nitrogen functional groups attached to an aromatic ring is 1. The largest absolute Gasteiger partial charge is 0.407 e. The Kier molecular flexibility index (Phi) is 4.18. The Bertz CT molecular complexity index is 482. The molecule has 0 aliphatic heterocycles. The highest BCUT2D eigenvalue weighted by atomic mass is 79.9. The average Bonchev–Trinajstić information content (AvgIpc) is 2.17. The molecule has 0 amide bonds. The monoisotopic (exact) mass is 349 g/mol. The minimum absolute atomic E-state index is 0.0430. The molecule has 0 unspecified atom stereocenters. The van der Waals surface area contributed by atoms with Crippen LogP contribution in [0.15, 0.2) is 22.7 Å². The van der Waals surface area contributed by atoms with E-state index in [0.717, 1.165) is 18.2 Å². The molecule has 0 aliphatic rings. The third-order valence-electron chi connectivity index (χ3n) is 2.20. The van der Waals surface area contributed by atoms with Crippen molar-refractivity contribution in [3.8, 4) is 0 Å². The van der Waals surface area contributed by atoms with Crippen molar-refractivity contribution < 1.29 is 31.1 Å². The number of carbonyl (C=O) groups is 1. The summed E-state index contributed by atoms with van der Waals surface area (Å²) >= 11 is 2.82. The molecular weight excluding hydrogens is 344 g/mol. The van der Waals surface area contributed by atoms with Gasteiger partial charge in [0, 0.05) is 15.7 Å². The Morgan fingerprint density at radius 2 is 1.58 bits per heavy atom. The predicted molar refractivity (Wildman–Crippen MR) is 58.5 cm³/mol. The summed E-state index contributed by atoms with van der Waals surface area (Å²) in [5.41, 5.74) is 4.70. The van der Waals surface area contributed by atoms with Gasteiger partial charge in [0.1, 0.15) is 0 Å². The van der Waals surface area contributed by atoms with E-state index in [1.807, 2.05) is 0 Å². The average molecular weight is 350 g/mol. The van der Waals surface area contributed by atoms with E-state index in [1.165, 1.54) is 0 Å². The molecule has 1 aromatic rings. The van der Waals surface area contributed by atoms with Crippen LogP contribution in [0.3, 0.4) is 0 Å². The molecular formula is C10H6BrF6NO. The van der Waals surface area contributed by atoms with Gasteiger partial charge in [0.15, 0.2) is 5.78 Å². The minimum Gasteiger partial charge on any atom is -0.398 e. The highest BCUT2D eigenvalue weighted by Gasteiger charge is 2.60. The first-order chi connectivity index (χ1) is 8.44. The zero-order valence-corrected chi connectivity index (χ0v) is 10.5. The number of benzene rings is 1. The Balaban J connectivity index is 3.24. The molecule has 0 atom stereocenters. The molecule has 2 nitrogen and oxygen atoms in total. The zero-order chi connectivity index (χ0) is 15.0. The molecule has 0 fully saturated rings. The van der Waals surface area contributed by atoms with Gasteiger partial charge in [-0.2, -0.15) is 26.3 Å². The molecule has 19 heavy (non-hydrogen) atoms. The van der Waals surface area contributed by atoms with Crippen LogP contribution in [0.1, 0.15) is 10.4 Å². The number of carbonyl (C=O) groups excluding carboxylic acids is 1. The van der Waals surface area contributed by atoms with Gasteiger partial charge >= 0.3 is 12.4 Å². The SMILES string of the molecule is Nc1ccc(C(=O)C(C(F)(F)F)C(F)(F)F)cc1Br. The number of halogens is 7. The summed E-state index contributed by atoms with van der Waals surface area (Å²) in [4.78, 5) is 11.4. The van der Waals surface area contributed by atoms with Crippen LogP contribution in [0.25, 0.3) is 0 Å². The number of hydrogen-bond acceptors (Lipinski definition) is 2. The van der Waals surface area contributed by atoms with Gasteiger partial charge in [-0.15, -0.1) is 0 Å². The molecule has 0 aliphatic carbocycles. The third kappa shape index (κ3) is 3.62. The molecule has 0 saturated heterocycles. The van der Waals surface area contributed by atoms with E-state index in [0.29, 0.717) is 0 Å². The van der Waals surface area contributed by atoms with Gasteiger partial charge in [0.25, 0.3) is 0 Å². The van der Waals surface area contributed by atoms with Crippen molar-refractivity contribution in [2.45, 2.75) is 12.4 Å². The van der Waals surface area contributed by atoms with Gasteiger partial charge < -0.3 is 5.73 Å². The summed E-state index contributed by atoms with van der Waals surface area (Å²) < 4.78 is 74.2. The van der Waals surface area contributed by atoms with Gasteiger partial charge in [-0.1, -0.05) is 0 Å². The van der Waals surface area contributed by atoms with Crippen LogP contribution >= 0.6 is 15.9 Å². The third-order valence-corrected chi connectivity index (χ3v) is 2.89. The maximum atomic E-state index is 12.4. The van der Waals surface area contributed by atoms with Crippen LogP contribution in [0.2, 0.25) is 0 Å². The molecule has 0 spiro atoms. The Labute approximate surface area is 111 Å². The highest BCUT2D eigenvalue weighted by molar-refractivity contribution is 9.10. The predicted octanol–water partition coefficient (Wildman–Crippen LogP) is 3.95. The number of alkyl halides is 6. The van der Waals surface area contributed by atoms with E-state index in [-0.39, 0.29) is 10.2 Å². The van der Waals surface area contributed by atoms with Crippen molar-refractivity contribution in [1.82, 2.24) is 0 Å². The lowest BCUT2D eigenvalue weighted by molar-refractivity contribution is -0.264. The van der Waals surface area contributed by atoms with E-state index in [4.69, 9.17) is 5.73 Å². The second-order valence-corrected chi connectivity index (χ2v) is 4.47. The lowest BCUT2D eigenvalue weighted by Gasteiger charge is -2.21. The molecule has 0 radical (unpaired) electrons. The quantitative estimate of drug-likeness (QED) is 0.499. The first-order valence-corrected chi connectivity index (χ1v) is 5.46. The van der Waals surface area contributed by atoms with Crippen molar-refractivity contribution in [3.05, 3.63) is 28.2 Å². The van der Waals surface area contributed by atoms with Crippen LogP contribution in [-0.2, 0) is 0 Å². The summed E-state index contributed by atoms with van der Waals surface area (Å²) in [6, 6.07) is 2.68. The number of Topliss-reactive ketones (excluding diaryl/α,β-unsaturated/α-hetero) is 1. The fourth-order valence-corrected chi connectivity index (χ4v) is 1.71. The van der Waals surface area contributed by atoms with Gasteiger partial charge in [0.05, 0.1) is 0 Å². The smallest absolute Gasteiger partial charge is 0.398 e. The first kappa shape index (κ1) is 15.8. The number of rotatable bonds is 2. The number of hydrogen-bond donors (Lipinski definition) is 1. The fourth-order valence-electron chi connectivity index (χ4n) is 1.33. The minimum atomic E-state index is -5.71. The summed E-state index contributed by atoms with van der Waals surface area (Å²) in [5.74, 6) is -6.11.